The molecule has 3 N–H and O–H groups in total. The average Bonchev–Trinajstić information content (AvgIpc) is 3.26. The molecule has 0 amide bonds. The van der Waals surface area contributed by atoms with E-state index in [-0.39, 0.29) is 28.9 Å². The lowest BCUT2D eigenvalue weighted by Crippen LogP contribution is -2.49. The third-order valence-electron chi connectivity index (χ3n) is 3.64. The van der Waals surface area contributed by atoms with E-state index in [1.54, 1.807) is 5.32 Å². The van der Waals surface area contributed by atoms with Gasteiger partial charge in [0.1, 0.15) is 12.1 Å². The summed E-state index contributed by atoms with van der Waals surface area (Å²) in [5.41, 5.74) is -0.470. The maximum Gasteiger partial charge on any atom is 0.321 e. The number of carbonyl (C=O) groups is 2. The molecule has 1 unspecified atom stereocenters. The van der Waals surface area contributed by atoms with Gasteiger partial charge < -0.3 is 14.8 Å². The topological polar surface area (TPSA) is 104 Å². The van der Waals surface area contributed by atoms with Gasteiger partial charge in [0, 0.05) is 45.4 Å². The summed E-state index contributed by atoms with van der Waals surface area (Å²) in [5, 5.41) is 21.4. The molecule has 0 radical (unpaired) electrons. The van der Waals surface area contributed by atoms with Crippen LogP contribution < -0.4 is 5.32 Å². The van der Waals surface area contributed by atoms with Crippen molar-refractivity contribution < 1.29 is 41.7 Å². The Labute approximate surface area is 187 Å². The lowest BCUT2D eigenvalue weighted by atomic mass is 10.0. The second-order valence-corrected chi connectivity index (χ2v) is 5.85. The summed E-state index contributed by atoms with van der Waals surface area (Å²) in [7, 11) is 0. The summed E-state index contributed by atoms with van der Waals surface area (Å²) < 4.78 is 125. The molecule has 0 aliphatic rings. The van der Waals surface area contributed by atoms with Crippen molar-refractivity contribution in [1.82, 2.24) is 14.9 Å². The van der Waals surface area contributed by atoms with Crippen LogP contribution in [0, 0.1) is 19.6 Å². The van der Waals surface area contributed by atoms with Crippen molar-refractivity contribution >= 4 is 11.9 Å². The maximum absolute atomic E-state index is 12.2. The number of aromatic nitrogens is 2. The third kappa shape index (κ3) is 6.20. The Hall–Kier alpha value is -2.67. The number of imidazole rings is 1. The van der Waals surface area contributed by atoms with Gasteiger partial charge in [-0.25, -0.2) is 4.98 Å². The van der Waals surface area contributed by atoms with E-state index < -0.39 is 70.1 Å². The van der Waals surface area contributed by atoms with E-state index in [0.717, 1.165) is 18.6 Å². The molecule has 28 heavy (non-hydrogen) atoms. The lowest BCUT2D eigenvalue weighted by molar-refractivity contribution is -0.142. The maximum atomic E-state index is 12.2. The lowest BCUT2D eigenvalue weighted by Gasteiger charge is -2.22. The predicted octanol–water partition coefficient (Wildman–Crippen LogP) is 2.63. The number of benzene rings is 1. The van der Waals surface area contributed by atoms with E-state index >= 15 is 0 Å². The fourth-order valence-corrected chi connectivity index (χ4v) is 2.50. The molecule has 2 atom stereocenters. The van der Waals surface area contributed by atoms with E-state index in [2.05, 4.69) is 4.98 Å². The second kappa shape index (κ2) is 9.50. The molecule has 152 valence electrons. The summed E-state index contributed by atoms with van der Waals surface area (Å²) in [4.78, 5) is 28.3. The van der Waals surface area contributed by atoms with Gasteiger partial charge in [-0.05, 0) is 31.5 Å². The molecule has 7 nitrogen and oxygen atoms in total. The van der Waals surface area contributed by atoms with Crippen LogP contribution in [0.4, 0.5) is 0 Å². The monoisotopic (exact) mass is 403 g/mol. The first-order chi connectivity index (χ1) is 19.5. The zero-order valence-electron chi connectivity index (χ0n) is 30.5. The molecule has 0 saturated carbocycles. The highest BCUT2D eigenvalue weighted by atomic mass is 16.4. The molecule has 1 aromatic carbocycles. The number of rotatable bonds is 10. The Morgan fingerprint density at radius 3 is 2.54 bits per heavy atom. The summed E-state index contributed by atoms with van der Waals surface area (Å²) in [6, 6.07) is -2.83. The number of carboxylic acid groups (broad SMARTS) is 2. The average molecular weight is 404 g/mol. The molecule has 0 fully saturated rings. The molecule has 0 bridgehead atoms. The summed E-state index contributed by atoms with van der Waals surface area (Å²) >= 11 is 0. The Morgan fingerprint density at radius 1 is 1.25 bits per heavy atom. The first kappa shape index (κ1) is 8.37. The van der Waals surface area contributed by atoms with Crippen molar-refractivity contribution in [1.29, 1.82) is 0 Å². The van der Waals surface area contributed by atoms with Crippen LogP contribution in [0.2, 0.25) is 0 Å². The largest absolute Gasteiger partial charge is 0.480 e. The number of hydrogen-bond donors (Lipinski definition) is 3. The first-order valence-corrected chi connectivity index (χ1v) is 7.88. The van der Waals surface area contributed by atoms with Crippen molar-refractivity contribution in [2.24, 2.45) is 5.89 Å². The quantitative estimate of drug-likeness (QED) is 0.563. The zero-order valence-corrected chi connectivity index (χ0v) is 14.5. The molecule has 2 aromatic rings. The van der Waals surface area contributed by atoms with Crippen LogP contribution >= 0.6 is 0 Å². The van der Waals surface area contributed by atoms with Gasteiger partial charge in [-0.1, -0.05) is 43.0 Å². The van der Waals surface area contributed by atoms with Crippen LogP contribution in [0.3, 0.4) is 0 Å². The van der Waals surface area contributed by atoms with Crippen molar-refractivity contribution in [2.75, 3.05) is 0 Å². The molecular weight excluding hydrogens is 358 g/mol. The minimum atomic E-state index is -4.28. The first-order valence-electron chi connectivity index (χ1n) is 15.9. The Balaban J connectivity index is 2.58. The van der Waals surface area contributed by atoms with Gasteiger partial charge >= 0.3 is 11.9 Å². The van der Waals surface area contributed by atoms with Gasteiger partial charge in [-0.15, -0.1) is 0 Å². The van der Waals surface area contributed by atoms with Gasteiger partial charge in [0.05, 0.1) is 7.70 Å². The number of nitrogens with one attached hydrogen (secondary N) is 1. The van der Waals surface area contributed by atoms with Crippen molar-refractivity contribution in [2.45, 2.75) is 58.8 Å². The number of hydrogen-bond acceptors (Lipinski definition) is 4. The normalized spacial score (nSPS) is 25.7. The molecule has 0 saturated heterocycles. The fourth-order valence-electron chi connectivity index (χ4n) is 2.50. The standard InChI is InChI=1S/C21H29N3O4/c1-13(2)5-18(20(25)26)23-19(21(27)28)9-17-10-22-12-24(17)11-16-7-14(3)6-15(4)8-16/h6-8,10,12-13,18-19,23H,5,9,11H2,1-4H3,(H,25,26)(H,27,28)/t18?,19-/m0/s1/i1D3,2D3,3D3,4D3,5D2,13D,18D. The van der Waals surface area contributed by atoms with Gasteiger partial charge in [-0.3, -0.25) is 14.9 Å². The molecule has 1 heterocycles. The minimum Gasteiger partial charge on any atom is -0.480 e. The molecule has 1 aromatic heterocycles. The van der Waals surface area contributed by atoms with E-state index in [1.165, 1.54) is 16.7 Å². The Morgan fingerprint density at radius 2 is 1.96 bits per heavy atom. The number of carboxylic acids is 2. The van der Waals surface area contributed by atoms with Crippen LogP contribution in [-0.4, -0.2) is 43.8 Å². The Bertz CT molecular complexity index is 1330. The van der Waals surface area contributed by atoms with Gasteiger partial charge in [0.15, 0.2) is 0 Å². The Kier molecular flexibility index (Phi) is 2.84. The number of aliphatic carboxylic acids is 2. The smallest absolute Gasteiger partial charge is 0.321 e. The zero-order chi connectivity index (χ0) is 34.5. The minimum absolute atomic E-state index is 0.0308. The van der Waals surface area contributed by atoms with E-state index in [4.69, 9.17) is 21.9 Å². The van der Waals surface area contributed by atoms with Crippen LogP contribution in [0.5, 0.6) is 0 Å². The highest BCUT2D eigenvalue weighted by molar-refractivity contribution is 5.77. The van der Waals surface area contributed by atoms with Crippen LogP contribution in [0.25, 0.3) is 0 Å². The van der Waals surface area contributed by atoms with Crippen molar-refractivity contribution in [3.8, 4) is 0 Å². The molecular formula is C21H29N3O4. The van der Waals surface area contributed by atoms with Crippen LogP contribution in [-0.2, 0) is 22.6 Å². The SMILES string of the molecule is [2H]C([2H])([2H])c1cc(Cn2cncc2C[C@H](NC([2H])(C(=O)O)C([2H])([2H])C([2H])(C([2H])([2H])[2H])C([2H])([2H])[2H])C(=O)O)cc(C([2H])([2H])[2H])c1. The van der Waals surface area contributed by atoms with Crippen LogP contribution in [0.1, 0.15) is 64.4 Å². The predicted molar refractivity (Wildman–Crippen MR) is 106 cm³/mol. The van der Waals surface area contributed by atoms with Gasteiger partial charge in [0.2, 0.25) is 0 Å². The van der Waals surface area contributed by atoms with E-state index in [9.17, 15) is 19.8 Å². The number of aryl methyl sites for hydroxylation is 2. The van der Waals surface area contributed by atoms with Crippen LogP contribution in [0.15, 0.2) is 30.7 Å². The highest BCUT2D eigenvalue weighted by Gasteiger charge is 2.27. The molecule has 7 heteroatoms. The summed E-state index contributed by atoms with van der Waals surface area (Å²) in [6.07, 6.45) is -2.81. The molecule has 0 aliphatic carbocycles. The highest BCUT2D eigenvalue weighted by Crippen LogP contribution is 2.14. The number of nitrogens with zero attached hydrogens (tertiary/aromatic N) is 2. The van der Waals surface area contributed by atoms with Crippen molar-refractivity contribution in [3.05, 3.63) is 53.1 Å². The van der Waals surface area contributed by atoms with E-state index in [1.807, 2.05) is 0 Å². The van der Waals surface area contributed by atoms with Gasteiger partial charge in [0.25, 0.3) is 0 Å². The third-order valence-corrected chi connectivity index (χ3v) is 3.64. The second-order valence-electron chi connectivity index (χ2n) is 5.85. The van der Waals surface area contributed by atoms with Gasteiger partial charge in [-0.2, -0.15) is 0 Å². The van der Waals surface area contributed by atoms with E-state index in [0.29, 0.717) is 0 Å². The fraction of sp³-hybridized carbons (Fsp3) is 0.476. The summed E-state index contributed by atoms with van der Waals surface area (Å²) in [6.45, 7) is -13.7. The molecule has 2 rings (SSSR count). The molecule has 0 spiro atoms. The summed E-state index contributed by atoms with van der Waals surface area (Å²) in [5.74, 6) is -8.61. The molecule has 0 aliphatic heterocycles. The van der Waals surface area contributed by atoms with Crippen molar-refractivity contribution in [3.63, 3.8) is 0 Å².